The third kappa shape index (κ3) is 3.44. The molecular weight excluding hydrogens is 315 g/mol. The summed E-state index contributed by atoms with van der Waals surface area (Å²) in [5.41, 5.74) is 0.345. The highest BCUT2D eigenvalue weighted by Crippen LogP contribution is 2.27. The number of rotatable bonds is 4. The number of methoxy groups -OCH3 is 1. The van der Waals surface area contributed by atoms with E-state index in [2.05, 4.69) is 26.0 Å². The minimum absolute atomic E-state index is 0.0683. The number of carbonyl (C=O) groups is 1. The number of esters is 1. The molecule has 0 saturated carbocycles. The van der Waals surface area contributed by atoms with Gasteiger partial charge in [-0.25, -0.2) is 9.18 Å². The molecule has 0 aliphatic carbocycles. The third-order valence-electron chi connectivity index (χ3n) is 2.64. The summed E-state index contributed by atoms with van der Waals surface area (Å²) >= 11 is 3.02. The third-order valence-corrected chi connectivity index (χ3v) is 3.41. The summed E-state index contributed by atoms with van der Waals surface area (Å²) in [6.45, 7) is 3.65. The Bertz CT molecular complexity index is 526. The molecule has 0 saturated heterocycles. The highest BCUT2D eigenvalue weighted by atomic mass is 79.9. The van der Waals surface area contributed by atoms with Crippen LogP contribution >= 0.6 is 15.9 Å². The lowest BCUT2D eigenvalue weighted by atomic mass is 10.0. The van der Waals surface area contributed by atoms with Crippen molar-refractivity contribution in [1.29, 1.82) is 5.26 Å². The zero-order valence-electron chi connectivity index (χ0n) is 10.8. The molecule has 0 amide bonds. The van der Waals surface area contributed by atoms with Crippen LogP contribution in [-0.2, 0) is 9.53 Å². The Labute approximate surface area is 119 Å². The lowest BCUT2D eigenvalue weighted by molar-refractivity contribution is -0.142. The molecule has 1 aromatic rings. The fourth-order valence-corrected chi connectivity index (χ4v) is 1.97. The molecule has 0 radical (unpaired) electrons. The standard InChI is InChI=1S/C13H14BrFN2O2/c1-7(2)12(13(18)19-3)17-9-5-4-8(6-16)10(14)11(9)15/h4-5,7,12,17H,1-3H3. The maximum absolute atomic E-state index is 14.0. The monoisotopic (exact) mass is 328 g/mol. The summed E-state index contributed by atoms with van der Waals surface area (Å²) < 4.78 is 18.8. The number of nitriles is 1. The van der Waals surface area contributed by atoms with Crippen molar-refractivity contribution in [3.63, 3.8) is 0 Å². The molecule has 0 fully saturated rings. The van der Waals surface area contributed by atoms with E-state index in [9.17, 15) is 9.18 Å². The Morgan fingerprint density at radius 2 is 2.16 bits per heavy atom. The molecular formula is C13H14BrFN2O2. The van der Waals surface area contributed by atoms with E-state index in [0.717, 1.165) is 0 Å². The molecule has 0 aromatic heterocycles. The van der Waals surface area contributed by atoms with Gasteiger partial charge < -0.3 is 10.1 Å². The van der Waals surface area contributed by atoms with Crippen LogP contribution in [0, 0.1) is 23.1 Å². The van der Waals surface area contributed by atoms with Crippen molar-refractivity contribution >= 4 is 27.6 Å². The average molecular weight is 329 g/mol. The maximum atomic E-state index is 14.0. The van der Waals surface area contributed by atoms with Gasteiger partial charge in [-0.2, -0.15) is 5.26 Å². The second kappa shape index (κ2) is 6.53. The number of halogens is 2. The Morgan fingerprint density at radius 1 is 1.53 bits per heavy atom. The van der Waals surface area contributed by atoms with Gasteiger partial charge in [0.2, 0.25) is 0 Å². The van der Waals surface area contributed by atoms with Gasteiger partial charge in [0.25, 0.3) is 0 Å². The smallest absolute Gasteiger partial charge is 0.328 e. The number of hydrogen-bond donors (Lipinski definition) is 1. The van der Waals surface area contributed by atoms with Gasteiger partial charge in [0.05, 0.1) is 22.8 Å². The first-order valence-corrected chi connectivity index (χ1v) is 6.44. The minimum atomic E-state index is -0.653. The predicted molar refractivity (Wildman–Crippen MR) is 73.1 cm³/mol. The second-order valence-corrected chi connectivity index (χ2v) is 5.08. The van der Waals surface area contributed by atoms with E-state index in [0.29, 0.717) is 0 Å². The summed E-state index contributed by atoms with van der Waals surface area (Å²) in [4.78, 5) is 11.6. The van der Waals surface area contributed by atoms with E-state index in [1.807, 2.05) is 19.9 Å². The van der Waals surface area contributed by atoms with Gasteiger partial charge in [-0.15, -0.1) is 0 Å². The Balaban J connectivity index is 3.08. The van der Waals surface area contributed by atoms with Gasteiger partial charge in [-0.3, -0.25) is 0 Å². The van der Waals surface area contributed by atoms with Gasteiger partial charge in [-0.05, 0) is 34.0 Å². The van der Waals surface area contributed by atoms with Crippen molar-refractivity contribution in [2.24, 2.45) is 5.92 Å². The molecule has 19 heavy (non-hydrogen) atoms. The largest absolute Gasteiger partial charge is 0.467 e. The molecule has 1 aromatic carbocycles. The SMILES string of the molecule is COC(=O)C(Nc1ccc(C#N)c(Br)c1F)C(C)C. The highest BCUT2D eigenvalue weighted by Gasteiger charge is 2.24. The number of anilines is 1. The highest BCUT2D eigenvalue weighted by molar-refractivity contribution is 9.10. The molecule has 6 heteroatoms. The molecule has 0 spiro atoms. The zero-order chi connectivity index (χ0) is 14.6. The fraction of sp³-hybridized carbons (Fsp3) is 0.385. The van der Waals surface area contributed by atoms with Crippen LogP contribution in [0.4, 0.5) is 10.1 Å². The summed E-state index contributed by atoms with van der Waals surface area (Å²) in [5, 5.41) is 11.6. The normalized spacial score (nSPS) is 11.8. The van der Waals surface area contributed by atoms with E-state index in [4.69, 9.17) is 5.26 Å². The first kappa shape index (κ1) is 15.4. The molecule has 1 unspecified atom stereocenters. The van der Waals surface area contributed by atoms with Gasteiger partial charge in [0, 0.05) is 0 Å². The van der Waals surface area contributed by atoms with Crippen LogP contribution in [0.15, 0.2) is 16.6 Å². The second-order valence-electron chi connectivity index (χ2n) is 4.29. The first-order valence-electron chi connectivity index (χ1n) is 5.64. The quantitative estimate of drug-likeness (QED) is 0.863. The van der Waals surface area contributed by atoms with E-state index in [1.54, 1.807) is 0 Å². The van der Waals surface area contributed by atoms with Crippen LogP contribution in [0.3, 0.4) is 0 Å². The summed E-state index contributed by atoms with van der Waals surface area (Å²) in [5.74, 6) is -1.13. The van der Waals surface area contributed by atoms with Crippen LogP contribution < -0.4 is 5.32 Å². The van der Waals surface area contributed by atoms with Gasteiger partial charge in [-0.1, -0.05) is 13.8 Å². The van der Waals surface area contributed by atoms with Gasteiger partial charge in [0.1, 0.15) is 12.1 Å². The van der Waals surface area contributed by atoms with Gasteiger partial charge >= 0.3 is 5.97 Å². The first-order chi connectivity index (χ1) is 8.92. The predicted octanol–water partition coefficient (Wildman–Crippen LogP) is 3.07. The number of ether oxygens (including phenoxy) is 1. The minimum Gasteiger partial charge on any atom is -0.467 e. The van der Waals surface area contributed by atoms with Crippen molar-refractivity contribution in [3.8, 4) is 6.07 Å². The van der Waals surface area contributed by atoms with E-state index < -0.39 is 17.8 Å². The van der Waals surface area contributed by atoms with Crippen LogP contribution in [0.2, 0.25) is 0 Å². The van der Waals surface area contributed by atoms with E-state index in [1.165, 1.54) is 19.2 Å². The Kier molecular flexibility index (Phi) is 5.31. The molecule has 1 N–H and O–H groups in total. The Hall–Kier alpha value is -1.61. The van der Waals surface area contributed by atoms with Crippen molar-refractivity contribution in [3.05, 3.63) is 28.0 Å². The molecule has 0 heterocycles. The van der Waals surface area contributed by atoms with Crippen LogP contribution in [0.5, 0.6) is 0 Å². The average Bonchev–Trinajstić information content (AvgIpc) is 2.39. The van der Waals surface area contributed by atoms with Crippen molar-refractivity contribution in [2.45, 2.75) is 19.9 Å². The van der Waals surface area contributed by atoms with Crippen LogP contribution in [-0.4, -0.2) is 19.1 Å². The molecule has 0 aliphatic rings. The summed E-state index contributed by atoms with van der Waals surface area (Å²) in [6, 6.07) is 4.12. The molecule has 0 bridgehead atoms. The zero-order valence-corrected chi connectivity index (χ0v) is 12.4. The fourth-order valence-electron chi connectivity index (χ4n) is 1.54. The van der Waals surface area contributed by atoms with Crippen LogP contribution in [0.25, 0.3) is 0 Å². The lowest BCUT2D eigenvalue weighted by Crippen LogP contribution is -2.35. The lowest BCUT2D eigenvalue weighted by Gasteiger charge is -2.21. The molecule has 0 aliphatic heterocycles. The number of benzene rings is 1. The maximum Gasteiger partial charge on any atom is 0.328 e. The van der Waals surface area contributed by atoms with Crippen LogP contribution in [0.1, 0.15) is 19.4 Å². The molecule has 4 nitrogen and oxygen atoms in total. The number of nitrogens with zero attached hydrogens (tertiary/aromatic N) is 1. The molecule has 1 atom stereocenters. The molecule has 102 valence electrons. The number of nitrogens with one attached hydrogen (secondary N) is 1. The topological polar surface area (TPSA) is 62.1 Å². The van der Waals surface area contributed by atoms with Gasteiger partial charge in [0.15, 0.2) is 5.82 Å². The number of carbonyl (C=O) groups excluding carboxylic acids is 1. The van der Waals surface area contributed by atoms with E-state index in [-0.39, 0.29) is 21.6 Å². The van der Waals surface area contributed by atoms with Crippen molar-refractivity contribution in [1.82, 2.24) is 0 Å². The van der Waals surface area contributed by atoms with Crippen molar-refractivity contribution in [2.75, 3.05) is 12.4 Å². The number of hydrogen-bond acceptors (Lipinski definition) is 4. The summed E-state index contributed by atoms with van der Waals surface area (Å²) in [6.07, 6.45) is 0. The van der Waals surface area contributed by atoms with E-state index >= 15 is 0 Å². The Morgan fingerprint density at radius 3 is 2.63 bits per heavy atom. The van der Waals surface area contributed by atoms with Crippen molar-refractivity contribution < 1.29 is 13.9 Å². The summed E-state index contributed by atoms with van der Waals surface area (Å²) in [7, 11) is 1.28. The molecule has 1 rings (SSSR count).